The van der Waals surface area contributed by atoms with Crippen molar-refractivity contribution in [3.8, 4) is 5.75 Å². The predicted octanol–water partition coefficient (Wildman–Crippen LogP) is 3.92. The van der Waals surface area contributed by atoms with Crippen LogP contribution >= 0.6 is 11.6 Å². The number of hydrogen-bond acceptors (Lipinski definition) is 4. The molecule has 0 heterocycles. The molecule has 0 aliphatic rings. The van der Waals surface area contributed by atoms with Gasteiger partial charge in [-0.05, 0) is 48.9 Å². The van der Waals surface area contributed by atoms with Crippen LogP contribution < -0.4 is 15.8 Å². The lowest BCUT2D eigenvalue weighted by molar-refractivity contribution is -0.118. The number of hydrogen-bond donors (Lipinski definition) is 2. The Labute approximate surface area is 145 Å². The van der Waals surface area contributed by atoms with Crippen molar-refractivity contribution in [1.29, 1.82) is 0 Å². The molecule has 5 nitrogen and oxygen atoms in total. The normalized spacial score (nSPS) is 10.2. The number of nitrogens with two attached hydrogens (primary N) is 1. The fraction of sp³-hybridized carbons (Fsp3) is 0.222. The van der Waals surface area contributed by atoms with Crippen LogP contribution in [-0.4, -0.2) is 18.3 Å². The first-order chi connectivity index (χ1) is 11.5. The van der Waals surface area contributed by atoms with Crippen LogP contribution in [0.1, 0.15) is 30.1 Å². The number of nitrogens with one attached hydrogen (secondary N) is 1. The van der Waals surface area contributed by atoms with Crippen LogP contribution in [0.5, 0.6) is 5.75 Å². The topological polar surface area (TPSA) is 81.4 Å². The molecule has 0 bridgehead atoms. The average molecular weight is 347 g/mol. The number of halogens is 1. The van der Waals surface area contributed by atoms with Crippen molar-refractivity contribution < 1.29 is 14.3 Å². The predicted molar refractivity (Wildman–Crippen MR) is 95.7 cm³/mol. The van der Waals surface area contributed by atoms with Crippen LogP contribution in [0.4, 0.5) is 11.4 Å². The van der Waals surface area contributed by atoms with Crippen molar-refractivity contribution in [1.82, 2.24) is 0 Å². The zero-order valence-electron chi connectivity index (χ0n) is 13.3. The molecule has 0 atom stereocenters. The van der Waals surface area contributed by atoms with Crippen LogP contribution in [0.15, 0.2) is 42.5 Å². The van der Waals surface area contributed by atoms with Gasteiger partial charge in [0.05, 0.1) is 5.69 Å². The molecule has 0 unspecified atom stereocenters. The second-order valence-corrected chi connectivity index (χ2v) is 5.71. The Bertz CT molecular complexity index is 730. The lowest BCUT2D eigenvalue weighted by Crippen LogP contribution is -2.20. The number of rotatable bonds is 7. The number of Topliss-reactive ketones (excluding diaryl/α,β-unsaturated/α-hetero) is 1. The second kappa shape index (κ2) is 8.36. The first-order valence-electron chi connectivity index (χ1n) is 7.60. The fourth-order valence-electron chi connectivity index (χ4n) is 2.10. The molecule has 0 saturated carbocycles. The van der Waals surface area contributed by atoms with E-state index in [4.69, 9.17) is 22.1 Å². The summed E-state index contributed by atoms with van der Waals surface area (Å²) in [4.78, 5) is 23.7. The Morgan fingerprint density at radius 3 is 2.50 bits per heavy atom. The van der Waals surface area contributed by atoms with E-state index < -0.39 is 0 Å². The SMILES string of the molecule is CCCC(=O)c1ccc(OCC(=O)Nc2ccc(Cl)cc2)c(N)c1. The lowest BCUT2D eigenvalue weighted by Gasteiger charge is -2.10. The molecule has 3 N–H and O–H groups in total. The van der Waals surface area contributed by atoms with Crippen molar-refractivity contribution in [2.45, 2.75) is 19.8 Å². The van der Waals surface area contributed by atoms with Gasteiger partial charge in [0.1, 0.15) is 5.75 Å². The Kier molecular flexibility index (Phi) is 6.21. The molecule has 0 aliphatic carbocycles. The smallest absolute Gasteiger partial charge is 0.262 e. The van der Waals surface area contributed by atoms with Gasteiger partial charge in [0.15, 0.2) is 12.4 Å². The van der Waals surface area contributed by atoms with E-state index in [1.165, 1.54) is 0 Å². The molecule has 0 radical (unpaired) electrons. The summed E-state index contributed by atoms with van der Waals surface area (Å²) in [5, 5.41) is 3.28. The van der Waals surface area contributed by atoms with E-state index in [0.29, 0.717) is 34.1 Å². The summed E-state index contributed by atoms with van der Waals surface area (Å²) < 4.78 is 5.41. The van der Waals surface area contributed by atoms with Gasteiger partial charge in [0, 0.05) is 22.7 Å². The molecule has 2 aromatic rings. The molecule has 6 heteroatoms. The summed E-state index contributed by atoms with van der Waals surface area (Å²) in [6.07, 6.45) is 1.25. The van der Waals surface area contributed by atoms with Crippen molar-refractivity contribution in [2.75, 3.05) is 17.7 Å². The highest BCUT2D eigenvalue weighted by Gasteiger charge is 2.10. The largest absolute Gasteiger partial charge is 0.482 e. The summed E-state index contributed by atoms with van der Waals surface area (Å²) in [5.74, 6) is 0.0911. The third-order valence-corrected chi connectivity index (χ3v) is 3.55. The maximum Gasteiger partial charge on any atom is 0.262 e. The highest BCUT2D eigenvalue weighted by Crippen LogP contribution is 2.23. The highest BCUT2D eigenvalue weighted by atomic mass is 35.5. The molecular weight excluding hydrogens is 328 g/mol. The van der Waals surface area contributed by atoms with Gasteiger partial charge in [-0.25, -0.2) is 0 Å². The summed E-state index contributed by atoms with van der Waals surface area (Å²) in [5.41, 5.74) is 7.39. The number of amides is 1. The molecule has 0 aliphatic heterocycles. The van der Waals surface area contributed by atoms with Gasteiger partial charge < -0.3 is 15.8 Å². The van der Waals surface area contributed by atoms with Gasteiger partial charge in [-0.1, -0.05) is 18.5 Å². The van der Waals surface area contributed by atoms with Gasteiger partial charge in [0.2, 0.25) is 0 Å². The number of ketones is 1. The van der Waals surface area contributed by atoms with Crippen molar-refractivity contribution in [2.24, 2.45) is 0 Å². The summed E-state index contributed by atoms with van der Waals surface area (Å²) in [6, 6.07) is 11.6. The number of carbonyl (C=O) groups excluding carboxylic acids is 2. The first-order valence-corrected chi connectivity index (χ1v) is 7.98. The second-order valence-electron chi connectivity index (χ2n) is 5.27. The van der Waals surface area contributed by atoms with Crippen LogP contribution in [0.3, 0.4) is 0 Å². The van der Waals surface area contributed by atoms with E-state index in [0.717, 1.165) is 6.42 Å². The molecule has 0 fully saturated rings. The summed E-state index contributed by atoms with van der Waals surface area (Å²) in [7, 11) is 0. The first kappa shape index (κ1) is 17.8. The van der Waals surface area contributed by atoms with E-state index in [1.54, 1.807) is 42.5 Å². The quantitative estimate of drug-likeness (QED) is 0.588. The van der Waals surface area contributed by atoms with Crippen LogP contribution in [0.25, 0.3) is 0 Å². The zero-order valence-corrected chi connectivity index (χ0v) is 14.1. The lowest BCUT2D eigenvalue weighted by atomic mass is 10.1. The molecular formula is C18H19ClN2O3. The van der Waals surface area contributed by atoms with E-state index in [2.05, 4.69) is 5.32 Å². The standard InChI is InChI=1S/C18H19ClN2O3/c1-2-3-16(22)12-4-9-17(15(20)10-12)24-11-18(23)21-14-7-5-13(19)6-8-14/h4-10H,2-3,11,20H2,1H3,(H,21,23). The molecule has 126 valence electrons. The van der Waals surface area contributed by atoms with Crippen LogP contribution in [0, 0.1) is 0 Å². The molecule has 0 spiro atoms. The van der Waals surface area contributed by atoms with Gasteiger partial charge in [-0.3, -0.25) is 9.59 Å². The maximum absolute atomic E-state index is 11.9. The molecule has 1 amide bonds. The molecule has 0 saturated heterocycles. The minimum atomic E-state index is -0.317. The maximum atomic E-state index is 11.9. The van der Waals surface area contributed by atoms with Crippen LogP contribution in [0.2, 0.25) is 5.02 Å². The van der Waals surface area contributed by atoms with Gasteiger partial charge in [-0.15, -0.1) is 0 Å². The van der Waals surface area contributed by atoms with Crippen molar-refractivity contribution >= 4 is 34.7 Å². The molecule has 0 aromatic heterocycles. The zero-order chi connectivity index (χ0) is 17.5. The number of carbonyl (C=O) groups is 2. The number of ether oxygens (including phenoxy) is 1. The van der Waals surface area contributed by atoms with E-state index in [1.807, 2.05) is 6.92 Å². The van der Waals surface area contributed by atoms with Gasteiger partial charge >= 0.3 is 0 Å². The Hall–Kier alpha value is -2.53. The molecule has 24 heavy (non-hydrogen) atoms. The minimum Gasteiger partial charge on any atom is -0.482 e. The number of nitrogen functional groups attached to an aromatic ring is 1. The van der Waals surface area contributed by atoms with Crippen LogP contribution in [-0.2, 0) is 4.79 Å². The Morgan fingerprint density at radius 1 is 1.17 bits per heavy atom. The number of anilines is 2. The number of benzene rings is 2. The third kappa shape index (κ3) is 4.99. The highest BCUT2D eigenvalue weighted by molar-refractivity contribution is 6.30. The molecule has 2 aromatic carbocycles. The van der Waals surface area contributed by atoms with E-state index in [-0.39, 0.29) is 18.3 Å². The average Bonchev–Trinajstić information content (AvgIpc) is 2.56. The van der Waals surface area contributed by atoms with Crippen molar-refractivity contribution in [3.63, 3.8) is 0 Å². The monoisotopic (exact) mass is 346 g/mol. The van der Waals surface area contributed by atoms with E-state index >= 15 is 0 Å². The summed E-state index contributed by atoms with van der Waals surface area (Å²) in [6.45, 7) is 1.76. The Balaban J connectivity index is 1.92. The Morgan fingerprint density at radius 2 is 1.88 bits per heavy atom. The minimum absolute atomic E-state index is 0.0382. The van der Waals surface area contributed by atoms with E-state index in [9.17, 15) is 9.59 Å². The van der Waals surface area contributed by atoms with Gasteiger partial charge in [0.25, 0.3) is 5.91 Å². The summed E-state index contributed by atoms with van der Waals surface area (Å²) >= 11 is 5.79. The fourth-order valence-corrected chi connectivity index (χ4v) is 2.22. The molecule has 2 rings (SSSR count). The van der Waals surface area contributed by atoms with Crippen molar-refractivity contribution in [3.05, 3.63) is 53.1 Å². The van der Waals surface area contributed by atoms with Gasteiger partial charge in [-0.2, -0.15) is 0 Å². The third-order valence-electron chi connectivity index (χ3n) is 3.30.